The van der Waals surface area contributed by atoms with Crippen LogP contribution in [0.4, 0.5) is 0 Å². The number of carboxylic acid groups (broad SMARTS) is 1. The number of hydrogen-bond acceptors (Lipinski definition) is 8. The summed E-state index contributed by atoms with van der Waals surface area (Å²) in [5.74, 6) is 0.523. The lowest BCUT2D eigenvalue weighted by molar-refractivity contribution is -0.144. The van der Waals surface area contributed by atoms with E-state index in [1.54, 1.807) is 56.5 Å². The van der Waals surface area contributed by atoms with E-state index in [9.17, 15) is 14.7 Å². The largest absolute Gasteiger partial charge is 0.496 e. The standard InChI is InChI=1S/C29H23Br2N3O7/c1-4-39-22-12-16(24(30)25(31)26(22)40-15(2)29(36)37)14-32-34-27(33-19-9-6-5-8-17(19)28(34)35)23-13-18-20(38-3)10-7-11-21(18)41-23/h5-15H,4H2,1-3H3,(H,36,37)/t15-/m0/s1. The summed E-state index contributed by atoms with van der Waals surface area (Å²) in [5, 5.41) is 14.9. The number of aliphatic carboxylic acids is 1. The Hall–Kier alpha value is -4.16. The minimum Gasteiger partial charge on any atom is -0.496 e. The van der Waals surface area contributed by atoms with E-state index in [0.29, 0.717) is 54.9 Å². The van der Waals surface area contributed by atoms with Crippen LogP contribution < -0.4 is 19.8 Å². The van der Waals surface area contributed by atoms with Gasteiger partial charge >= 0.3 is 5.97 Å². The molecule has 10 nitrogen and oxygen atoms in total. The Balaban J connectivity index is 1.68. The van der Waals surface area contributed by atoms with E-state index in [1.165, 1.54) is 17.8 Å². The first-order chi connectivity index (χ1) is 19.7. The second-order valence-corrected chi connectivity index (χ2v) is 10.3. The lowest BCUT2D eigenvalue weighted by Crippen LogP contribution is -2.23. The molecule has 3 aromatic carbocycles. The number of furan rings is 1. The number of benzene rings is 3. The Bertz CT molecular complexity index is 1880. The van der Waals surface area contributed by atoms with Crippen LogP contribution in [0.25, 0.3) is 33.5 Å². The average molecular weight is 685 g/mol. The van der Waals surface area contributed by atoms with Gasteiger partial charge < -0.3 is 23.7 Å². The molecule has 0 aliphatic rings. The van der Waals surface area contributed by atoms with E-state index in [2.05, 4.69) is 37.0 Å². The molecule has 41 heavy (non-hydrogen) atoms. The third-order valence-electron chi connectivity index (χ3n) is 6.13. The van der Waals surface area contributed by atoms with Gasteiger partial charge in [-0.1, -0.05) is 18.2 Å². The monoisotopic (exact) mass is 683 g/mol. The van der Waals surface area contributed by atoms with Crippen LogP contribution in [0.5, 0.6) is 17.2 Å². The highest BCUT2D eigenvalue weighted by atomic mass is 79.9. The molecule has 0 saturated carbocycles. The van der Waals surface area contributed by atoms with Gasteiger partial charge in [0.05, 0.1) is 40.7 Å². The van der Waals surface area contributed by atoms with Gasteiger partial charge in [0.2, 0.25) is 5.82 Å². The molecular formula is C29H23Br2N3O7. The summed E-state index contributed by atoms with van der Waals surface area (Å²) in [6.07, 6.45) is 0.343. The second-order valence-electron chi connectivity index (χ2n) is 8.75. The predicted octanol–water partition coefficient (Wildman–Crippen LogP) is 6.48. The molecule has 5 rings (SSSR count). The lowest BCUT2D eigenvalue weighted by Gasteiger charge is -2.18. The summed E-state index contributed by atoms with van der Waals surface area (Å²) in [6.45, 7) is 3.52. The van der Waals surface area contributed by atoms with Crippen LogP contribution in [-0.4, -0.2) is 46.8 Å². The molecule has 1 N–H and O–H groups in total. The van der Waals surface area contributed by atoms with Crippen molar-refractivity contribution in [2.24, 2.45) is 5.10 Å². The molecule has 0 fully saturated rings. The fourth-order valence-corrected chi connectivity index (χ4v) is 5.05. The van der Waals surface area contributed by atoms with Crippen molar-refractivity contribution in [2.75, 3.05) is 13.7 Å². The van der Waals surface area contributed by atoms with E-state index in [0.717, 1.165) is 5.39 Å². The second kappa shape index (κ2) is 11.8. The van der Waals surface area contributed by atoms with Crippen molar-refractivity contribution >= 4 is 65.9 Å². The fraction of sp³-hybridized carbons (Fsp3) is 0.172. The molecular weight excluding hydrogens is 662 g/mol. The van der Waals surface area contributed by atoms with E-state index in [-0.39, 0.29) is 11.6 Å². The normalized spacial score (nSPS) is 12.2. The number of carboxylic acids is 1. The highest BCUT2D eigenvalue weighted by Crippen LogP contribution is 2.43. The number of nitrogens with zero attached hydrogens (tertiary/aromatic N) is 3. The zero-order valence-corrected chi connectivity index (χ0v) is 25.2. The maximum absolute atomic E-state index is 13.7. The third-order valence-corrected chi connectivity index (χ3v) is 8.27. The number of fused-ring (bicyclic) bond motifs is 2. The number of ether oxygens (including phenoxy) is 3. The number of para-hydroxylation sites is 1. The quantitative estimate of drug-likeness (QED) is 0.175. The molecule has 2 aromatic heterocycles. The summed E-state index contributed by atoms with van der Waals surface area (Å²) in [4.78, 5) is 29.8. The van der Waals surface area contributed by atoms with Crippen molar-refractivity contribution in [2.45, 2.75) is 20.0 Å². The number of hydrogen-bond donors (Lipinski definition) is 1. The SMILES string of the molecule is CCOc1cc(C=Nn2c(-c3cc4c(OC)cccc4o3)nc3ccccc3c2=O)c(Br)c(Br)c1O[C@@H](C)C(=O)O. The van der Waals surface area contributed by atoms with Crippen LogP contribution >= 0.6 is 31.9 Å². The first-order valence-electron chi connectivity index (χ1n) is 12.4. The molecule has 0 unspecified atom stereocenters. The number of carbonyl (C=O) groups is 1. The van der Waals surface area contributed by atoms with Crippen molar-refractivity contribution in [3.63, 3.8) is 0 Å². The van der Waals surface area contributed by atoms with E-state index < -0.39 is 17.6 Å². The highest BCUT2D eigenvalue weighted by molar-refractivity contribution is 9.13. The van der Waals surface area contributed by atoms with Crippen LogP contribution in [0.3, 0.4) is 0 Å². The first-order valence-corrected chi connectivity index (χ1v) is 14.0. The Morgan fingerprint density at radius 2 is 1.90 bits per heavy atom. The zero-order chi connectivity index (χ0) is 29.3. The predicted molar refractivity (Wildman–Crippen MR) is 161 cm³/mol. The smallest absolute Gasteiger partial charge is 0.344 e. The van der Waals surface area contributed by atoms with Crippen molar-refractivity contribution in [1.82, 2.24) is 9.66 Å². The van der Waals surface area contributed by atoms with Gasteiger partial charge in [-0.2, -0.15) is 9.78 Å². The number of halogens is 2. The molecule has 0 saturated heterocycles. The molecule has 2 heterocycles. The molecule has 0 amide bonds. The van der Waals surface area contributed by atoms with Gasteiger partial charge in [0, 0.05) is 10.0 Å². The van der Waals surface area contributed by atoms with Crippen molar-refractivity contribution in [1.29, 1.82) is 0 Å². The Morgan fingerprint density at radius 1 is 1.12 bits per heavy atom. The summed E-state index contributed by atoms with van der Waals surface area (Å²) < 4.78 is 25.0. The lowest BCUT2D eigenvalue weighted by atomic mass is 10.2. The van der Waals surface area contributed by atoms with Crippen molar-refractivity contribution in [3.8, 4) is 28.8 Å². The summed E-state index contributed by atoms with van der Waals surface area (Å²) >= 11 is 6.99. The Labute approximate surface area is 250 Å². The van der Waals surface area contributed by atoms with E-state index in [4.69, 9.17) is 23.6 Å². The summed E-state index contributed by atoms with van der Waals surface area (Å²) in [6, 6.07) is 15.8. The molecule has 210 valence electrons. The van der Waals surface area contributed by atoms with E-state index >= 15 is 0 Å². The molecule has 0 radical (unpaired) electrons. The fourth-order valence-electron chi connectivity index (χ4n) is 4.13. The molecule has 0 aliphatic heterocycles. The van der Waals surface area contributed by atoms with Gasteiger partial charge in [-0.15, -0.1) is 0 Å². The highest BCUT2D eigenvalue weighted by Gasteiger charge is 2.23. The van der Waals surface area contributed by atoms with Crippen LogP contribution in [-0.2, 0) is 4.79 Å². The van der Waals surface area contributed by atoms with Crippen molar-refractivity contribution < 1.29 is 28.5 Å². The minimum absolute atomic E-state index is 0.193. The van der Waals surface area contributed by atoms with Gasteiger partial charge in [-0.05, 0) is 82.1 Å². The Kier molecular flexibility index (Phi) is 8.13. The van der Waals surface area contributed by atoms with Gasteiger partial charge in [-0.3, -0.25) is 4.79 Å². The maximum Gasteiger partial charge on any atom is 0.344 e. The van der Waals surface area contributed by atoms with Crippen LogP contribution in [0.15, 0.2) is 77.9 Å². The third kappa shape index (κ3) is 5.44. The summed E-state index contributed by atoms with van der Waals surface area (Å²) in [5.41, 5.74) is 1.18. The number of aromatic nitrogens is 2. The van der Waals surface area contributed by atoms with Gasteiger partial charge in [0.1, 0.15) is 11.3 Å². The zero-order valence-electron chi connectivity index (χ0n) is 22.1. The number of methoxy groups -OCH3 is 1. The molecule has 12 heteroatoms. The number of rotatable bonds is 9. The van der Waals surface area contributed by atoms with Crippen LogP contribution in [0.2, 0.25) is 0 Å². The molecule has 5 aromatic rings. The van der Waals surface area contributed by atoms with Crippen LogP contribution in [0.1, 0.15) is 19.4 Å². The first kappa shape index (κ1) is 28.4. The molecule has 1 atom stereocenters. The van der Waals surface area contributed by atoms with E-state index in [1.807, 2.05) is 12.1 Å². The van der Waals surface area contributed by atoms with Crippen LogP contribution in [0, 0.1) is 0 Å². The molecule has 0 bridgehead atoms. The van der Waals surface area contributed by atoms with Gasteiger partial charge in [0.15, 0.2) is 23.4 Å². The molecule has 0 spiro atoms. The van der Waals surface area contributed by atoms with Crippen molar-refractivity contribution in [3.05, 3.63) is 79.5 Å². The summed E-state index contributed by atoms with van der Waals surface area (Å²) in [7, 11) is 1.57. The molecule has 0 aliphatic carbocycles. The van der Waals surface area contributed by atoms with Gasteiger partial charge in [0.25, 0.3) is 5.56 Å². The Morgan fingerprint density at radius 3 is 2.63 bits per heavy atom. The average Bonchev–Trinajstić information content (AvgIpc) is 3.41. The maximum atomic E-state index is 13.7. The topological polar surface area (TPSA) is 125 Å². The minimum atomic E-state index is -1.12. The van der Waals surface area contributed by atoms with Gasteiger partial charge in [-0.25, -0.2) is 9.78 Å².